The smallest absolute Gasteiger partial charge is 0.335 e. The van der Waals surface area contributed by atoms with Crippen molar-refractivity contribution in [3.8, 4) is 0 Å². The number of carboxylic acids is 1. The van der Waals surface area contributed by atoms with Gasteiger partial charge < -0.3 is 10.4 Å². The Morgan fingerprint density at radius 2 is 1.38 bits per heavy atom. The van der Waals surface area contributed by atoms with E-state index in [4.69, 9.17) is 5.11 Å². The molecule has 0 heterocycles. The Balaban J connectivity index is 2.01. The van der Waals surface area contributed by atoms with E-state index < -0.39 is 5.97 Å². The molecule has 26 heavy (non-hydrogen) atoms. The number of nitrogens with one attached hydrogen (secondary N) is 1. The Hall–Kier alpha value is -1.51. The van der Waals surface area contributed by atoms with Gasteiger partial charge >= 0.3 is 5.97 Å². The van der Waals surface area contributed by atoms with E-state index in [1.165, 1.54) is 77.0 Å². The highest BCUT2D eigenvalue weighted by atomic mass is 16.4. The number of aromatic carboxylic acids is 1. The summed E-state index contributed by atoms with van der Waals surface area (Å²) in [5.74, 6) is -0.839. The van der Waals surface area contributed by atoms with Gasteiger partial charge in [0.2, 0.25) is 0 Å². The molecule has 0 bridgehead atoms. The predicted molar refractivity (Wildman–Crippen MR) is 112 cm³/mol. The fourth-order valence-corrected chi connectivity index (χ4v) is 3.40. The first-order valence-electron chi connectivity index (χ1n) is 10.8. The summed E-state index contributed by atoms with van der Waals surface area (Å²) < 4.78 is 0. The molecule has 0 aliphatic rings. The predicted octanol–water partition coefficient (Wildman–Crippen LogP) is 7.06. The van der Waals surface area contributed by atoms with Crippen LogP contribution in [0.4, 0.5) is 5.69 Å². The van der Waals surface area contributed by atoms with Crippen LogP contribution in [-0.2, 0) is 6.42 Å². The van der Waals surface area contributed by atoms with E-state index in [0.29, 0.717) is 5.56 Å². The van der Waals surface area contributed by atoms with E-state index in [-0.39, 0.29) is 0 Å². The van der Waals surface area contributed by atoms with Gasteiger partial charge in [0, 0.05) is 12.2 Å². The van der Waals surface area contributed by atoms with Crippen LogP contribution < -0.4 is 5.32 Å². The lowest BCUT2D eigenvalue weighted by atomic mass is 10.0. The highest BCUT2D eigenvalue weighted by Crippen LogP contribution is 2.17. The van der Waals surface area contributed by atoms with E-state index in [9.17, 15) is 4.79 Å². The van der Waals surface area contributed by atoms with Crippen molar-refractivity contribution in [2.45, 2.75) is 97.3 Å². The number of hydrogen-bond donors (Lipinski definition) is 2. The van der Waals surface area contributed by atoms with Crippen molar-refractivity contribution in [3.63, 3.8) is 0 Å². The molecule has 1 rings (SSSR count). The van der Waals surface area contributed by atoms with Crippen LogP contribution in [0.5, 0.6) is 0 Å². The monoisotopic (exact) mass is 361 g/mol. The third-order valence-corrected chi connectivity index (χ3v) is 5.08. The molecule has 3 nitrogen and oxygen atoms in total. The first-order chi connectivity index (χ1) is 12.7. The summed E-state index contributed by atoms with van der Waals surface area (Å²) in [6.07, 6.45) is 17.1. The summed E-state index contributed by atoms with van der Waals surface area (Å²) in [6.45, 7) is 5.23. The Labute approximate surface area is 160 Å². The van der Waals surface area contributed by atoms with Gasteiger partial charge in [0.1, 0.15) is 0 Å². The Morgan fingerprint density at radius 3 is 1.88 bits per heavy atom. The topological polar surface area (TPSA) is 49.3 Å². The van der Waals surface area contributed by atoms with Gasteiger partial charge in [0.15, 0.2) is 0 Å². The average Bonchev–Trinajstić information content (AvgIpc) is 2.65. The molecule has 0 fully saturated rings. The summed E-state index contributed by atoms with van der Waals surface area (Å²) >= 11 is 0. The lowest BCUT2D eigenvalue weighted by Gasteiger charge is -2.10. The van der Waals surface area contributed by atoms with Crippen molar-refractivity contribution in [1.82, 2.24) is 0 Å². The molecule has 1 aromatic carbocycles. The van der Waals surface area contributed by atoms with Gasteiger partial charge in [-0.3, -0.25) is 0 Å². The first-order valence-corrected chi connectivity index (χ1v) is 10.8. The quantitative estimate of drug-likeness (QED) is 0.310. The Bertz CT molecular complexity index is 499. The zero-order chi connectivity index (χ0) is 19.0. The third kappa shape index (κ3) is 9.84. The SMILES string of the molecule is CCCCCCCCCCCCCCNc1ccc(C(=O)O)c(CC)c1. The second kappa shape index (κ2) is 14.6. The fraction of sp³-hybridized carbons (Fsp3) is 0.696. The largest absolute Gasteiger partial charge is 0.478 e. The zero-order valence-corrected chi connectivity index (χ0v) is 17.0. The Morgan fingerprint density at radius 1 is 0.846 bits per heavy atom. The normalized spacial score (nSPS) is 10.8. The van der Waals surface area contributed by atoms with Crippen LogP contribution in [0.3, 0.4) is 0 Å². The van der Waals surface area contributed by atoms with Gasteiger partial charge in [-0.2, -0.15) is 0 Å². The number of benzene rings is 1. The minimum Gasteiger partial charge on any atom is -0.478 e. The lowest BCUT2D eigenvalue weighted by Crippen LogP contribution is -2.05. The lowest BCUT2D eigenvalue weighted by molar-refractivity contribution is 0.0696. The van der Waals surface area contributed by atoms with Crippen LogP contribution in [0.1, 0.15) is 107 Å². The van der Waals surface area contributed by atoms with E-state index >= 15 is 0 Å². The van der Waals surface area contributed by atoms with Crippen molar-refractivity contribution in [3.05, 3.63) is 29.3 Å². The molecular weight excluding hydrogens is 322 g/mol. The standard InChI is InChI=1S/C23H39NO2/c1-3-5-6-7-8-9-10-11-12-13-14-15-18-24-21-16-17-22(23(25)26)20(4-2)19-21/h16-17,19,24H,3-15,18H2,1-2H3,(H,25,26). The Kier molecular flexibility index (Phi) is 12.7. The number of anilines is 1. The molecule has 2 N–H and O–H groups in total. The summed E-state index contributed by atoms with van der Waals surface area (Å²) in [6, 6.07) is 5.57. The molecule has 0 radical (unpaired) electrons. The van der Waals surface area contributed by atoms with Crippen LogP contribution >= 0.6 is 0 Å². The molecule has 0 aliphatic heterocycles. The molecule has 148 valence electrons. The third-order valence-electron chi connectivity index (χ3n) is 5.08. The van der Waals surface area contributed by atoms with Gasteiger partial charge in [-0.15, -0.1) is 0 Å². The highest BCUT2D eigenvalue weighted by molar-refractivity contribution is 5.90. The molecule has 0 unspecified atom stereocenters. The van der Waals surface area contributed by atoms with E-state index in [0.717, 1.165) is 24.2 Å². The number of rotatable bonds is 16. The number of carbonyl (C=O) groups is 1. The van der Waals surface area contributed by atoms with Crippen molar-refractivity contribution in [2.24, 2.45) is 0 Å². The number of hydrogen-bond acceptors (Lipinski definition) is 2. The van der Waals surface area contributed by atoms with Gasteiger partial charge in [-0.25, -0.2) is 4.79 Å². The van der Waals surface area contributed by atoms with E-state index in [1.807, 2.05) is 19.1 Å². The van der Waals surface area contributed by atoms with E-state index in [2.05, 4.69) is 12.2 Å². The maximum atomic E-state index is 11.2. The van der Waals surface area contributed by atoms with Crippen molar-refractivity contribution in [2.75, 3.05) is 11.9 Å². The first kappa shape index (κ1) is 22.5. The summed E-state index contributed by atoms with van der Waals surface area (Å²) in [5, 5.41) is 12.6. The van der Waals surface area contributed by atoms with Crippen LogP contribution in [0, 0.1) is 0 Å². The molecule has 0 aliphatic carbocycles. The van der Waals surface area contributed by atoms with Gasteiger partial charge in [-0.05, 0) is 36.6 Å². The second-order valence-corrected chi connectivity index (χ2v) is 7.35. The molecular formula is C23H39NO2. The number of carboxylic acid groups (broad SMARTS) is 1. The van der Waals surface area contributed by atoms with Crippen LogP contribution in [-0.4, -0.2) is 17.6 Å². The van der Waals surface area contributed by atoms with Gasteiger partial charge in [-0.1, -0.05) is 84.5 Å². The minimum atomic E-state index is -0.839. The highest BCUT2D eigenvalue weighted by Gasteiger charge is 2.08. The molecule has 0 aromatic heterocycles. The maximum Gasteiger partial charge on any atom is 0.335 e. The molecule has 3 heteroatoms. The molecule has 0 saturated heterocycles. The summed E-state index contributed by atoms with van der Waals surface area (Å²) in [4.78, 5) is 11.2. The van der Waals surface area contributed by atoms with Crippen LogP contribution in [0.25, 0.3) is 0 Å². The number of unbranched alkanes of at least 4 members (excludes halogenated alkanes) is 11. The molecule has 1 aromatic rings. The molecule has 0 spiro atoms. The van der Waals surface area contributed by atoms with E-state index in [1.54, 1.807) is 6.07 Å². The molecule has 0 saturated carbocycles. The van der Waals surface area contributed by atoms with Gasteiger partial charge in [0.25, 0.3) is 0 Å². The second-order valence-electron chi connectivity index (χ2n) is 7.35. The average molecular weight is 362 g/mol. The van der Waals surface area contributed by atoms with Crippen molar-refractivity contribution >= 4 is 11.7 Å². The fourth-order valence-electron chi connectivity index (χ4n) is 3.40. The summed E-state index contributed by atoms with van der Waals surface area (Å²) in [5.41, 5.74) is 2.36. The van der Waals surface area contributed by atoms with Crippen LogP contribution in [0.15, 0.2) is 18.2 Å². The van der Waals surface area contributed by atoms with Gasteiger partial charge in [0.05, 0.1) is 5.56 Å². The van der Waals surface area contributed by atoms with Crippen LogP contribution in [0.2, 0.25) is 0 Å². The molecule has 0 amide bonds. The maximum absolute atomic E-state index is 11.2. The minimum absolute atomic E-state index is 0.420. The molecule has 0 atom stereocenters. The zero-order valence-electron chi connectivity index (χ0n) is 17.0. The van der Waals surface area contributed by atoms with Crippen molar-refractivity contribution in [1.29, 1.82) is 0 Å². The number of aryl methyl sites for hydroxylation is 1. The summed E-state index contributed by atoms with van der Waals surface area (Å²) in [7, 11) is 0. The van der Waals surface area contributed by atoms with Crippen molar-refractivity contribution < 1.29 is 9.90 Å².